The molecule has 1 amide bonds. The number of pyridine rings is 1. The molecule has 1 saturated heterocycles. The predicted molar refractivity (Wildman–Crippen MR) is 115 cm³/mol. The van der Waals surface area contributed by atoms with E-state index in [0.717, 1.165) is 40.8 Å². The first kappa shape index (κ1) is 17.7. The third-order valence-electron chi connectivity index (χ3n) is 5.71. The fraction of sp³-hybridized carbons (Fsp3) is 0.261. The standard InChI is InChI=1S/C23H23N5O/c1-26(2)22-20-8-5-12-27(20)15-19(25-22)17-10-13-28(14-17)23(29)21-18-7-4-3-6-16(18)9-11-24-21/h3-9,11-12,15,17H,10,13-14H2,1-2H3. The molecule has 0 N–H and O–H groups in total. The molecule has 6 heteroatoms. The zero-order valence-corrected chi connectivity index (χ0v) is 16.6. The van der Waals surface area contributed by atoms with Gasteiger partial charge in [-0.25, -0.2) is 4.98 Å². The fourth-order valence-corrected chi connectivity index (χ4v) is 4.20. The quantitative estimate of drug-likeness (QED) is 0.541. The summed E-state index contributed by atoms with van der Waals surface area (Å²) in [6.45, 7) is 1.38. The molecule has 1 fully saturated rings. The highest BCUT2D eigenvalue weighted by Crippen LogP contribution is 2.30. The van der Waals surface area contributed by atoms with Gasteiger partial charge in [-0.05, 0) is 30.0 Å². The molecular weight excluding hydrogens is 362 g/mol. The average molecular weight is 385 g/mol. The highest BCUT2D eigenvalue weighted by Gasteiger charge is 2.30. The molecule has 0 saturated carbocycles. The van der Waals surface area contributed by atoms with Gasteiger partial charge in [-0.1, -0.05) is 24.3 Å². The first-order valence-electron chi connectivity index (χ1n) is 9.90. The van der Waals surface area contributed by atoms with Crippen LogP contribution in [0.1, 0.15) is 28.5 Å². The Hall–Kier alpha value is -3.41. The molecule has 1 aliphatic heterocycles. The second-order valence-electron chi connectivity index (χ2n) is 7.80. The number of rotatable bonds is 3. The minimum atomic E-state index is -0.000764. The van der Waals surface area contributed by atoms with Crippen LogP contribution in [-0.4, -0.2) is 52.4 Å². The molecule has 0 bridgehead atoms. The normalized spacial score (nSPS) is 16.6. The van der Waals surface area contributed by atoms with E-state index in [4.69, 9.17) is 4.98 Å². The van der Waals surface area contributed by atoms with Gasteiger partial charge in [0.15, 0.2) is 5.82 Å². The summed E-state index contributed by atoms with van der Waals surface area (Å²) in [6.07, 6.45) is 6.76. The minimum absolute atomic E-state index is 0.000764. The second kappa shape index (κ2) is 6.88. The lowest BCUT2D eigenvalue weighted by atomic mass is 10.1. The van der Waals surface area contributed by atoms with Gasteiger partial charge in [0.25, 0.3) is 5.91 Å². The number of amides is 1. The largest absolute Gasteiger partial charge is 0.361 e. The number of likely N-dealkylation sites (tertiary alicyclic amines) is 1. The van der Waals surface area contributed by atoms with Gasteiger partial charge in [-0.15, -0.1) is 0 Å². The van der Waals surface area contributed by atoms with Gasteiger partial charge in [-0.3, -0.25) is 9.78 Å². The number of nitrogens with zero attached hydrogens (tertiary/aromatic N) is 5. The molecule has 1 atom stereocenters. The lowest BCUT2D eigenvalue weighted by Crippen LogP contribution is -2.29. The van der Waals surface area contributed by atoms with Crippen molar-refractivity contribution >= 4 is 28.0 Å². The molecule has 0 radical (unpaired) electrons. The van der Waals surface area contributed by atoms with Crippen molar-refractivity contribution in [3.63, 3.8) is 0 Å². The van der Waals surface area contributed by atoms with Gasteiger partial charge >= 0.3 is 0 Å². The summed E-state index contributed by atoms with van der Waals surface area (Å²) >= 11 is 0. The van der Waals surface area contributed by atoms with Gasteiger partial charge in [0.1, 0.15) is 5.69 Å². The molecular formula is C23H23N5O. The van der Waals surface area contributed by atoms with E-state index in [1.807, 2.05) is 66.5 Å². The summed E-state index contributed by atoms with van der Waals surface area (Å²) in [4.78, 5) is 26.5. The summed E-state index contributed by atoms with van der Waals surface area (Å²) in [7, 11) is 4.02. The average Bonchev–Trinajstić information content (AvgIpc) is 3.41. The number of benzene rings is 1. The van der Waals surface area contributed by atoms with E-state index in [-0.39, 0.29) is 11.8 Å². The van der Waals surface area contributed by atoms with Crippen molar-refractivity contribution in [2.45, 2.75) is 12.3 Å². The van der Waals surface area contributed by atoms with Crippen LogP contribution < -0.4 is 4.90 Å². The monoisotopic (exact) mass is 385 g/mol. The van der Waals surface area contributed by atoms with E-state index >= 15 is 0 Å². The molecule has 1 aliphatic rings. The van der Waals surface area contributed by atoms with Crippen LogP contribution in [0.15, 0.2) is 61.1 Å². The van der Waals surface area contributed by atoms with E-state index in [1.54, 1.807) is 6.20 Å². The predicted octanol–water partition coefficient (Wildman–Crippen LogP) is 3.58. The van der Waals surface area contributed by atoms with Crippen LogP contribution in [-0.2, 0) is 0 Å². The summed E-state index contributed by atoms with van der Waals surface area (Å²) in [6, 6.07) is 14.0. The molecule has 0 aliphatic carbocycles. The zero-order chi connectivity index (χ0) is 20.0. The Morgan fingerprint density at radius 3 is 2.86 bits per heavy atom. The number of anilines is 1. The maximum Gasteiger partial charge on any atom is 0.273 e. The van der Waals surface area contributed by atoms with Crippen molar-refractivity contribution in [1.29, 1.82) is 0 Å². The summed E-state index contributed by atoms with van der Waals surface area (Å²) in [5, 5.41) is 1.95. The van der Waals surface area contributed by atoms with Crippen molar-refractivity contribution in [1.82, 2.24) is 19.3 Å². The Morgan fingerprint density at radius 1 is 1.14 bits per heavy atom. The highest BCUT2D eigenvalue weighted by molar-refractivity contribution is 6.05. The number of carbonyl (C=O) groups excluding carboxylic acids is 1. The molecule has 1 aromatic carbocycles. The Morgan fingerprint density at radius 2 is 2.00 bits per heavy atom. The van der Waals surface area contributed by atoms with Crippen LogP contribution in [0.25, 0.3) is 16.3 Å². The summed E-state index contributed by atoms with van der Waals surface area (Å²) in [5.41, 5.74) is 2.65. The summed E-state index contributed by atoms with van der Waals surface area (Å²) in [5.74, 6) is 1.17. The van der Waals surface area contributed by atoms with Crippen LogP contribution in [0.2, 0.25) is 0 Å². The lowest BCUT2D eigenvalue weighted by molar-refractivity contribution is 0.0787. The molecule has 6 nitrogen and oxygen atoms in total. The lowest BCUT2D eigenvalue weighted by Gasteiger charge is -2.19. The molecule has 0 spiro atoms. The number of hydrogen-bond acceptors (Lipinski definition) is 4. The topological polar surface area (TPSA) is 53.7 Å². The molecule has 4 heterocycles. The smallest absolute Gasteiger partial charge is 0.273 e. The van der Waals surface area contributed by atoms with Gasteiger partial charge in [0, 0.05) is 57.1 Å². The first-order valence-corrected chi connectivity index (χ1v) is 9.90. The van der Waals surface area contributed by atoms with Gasteiger partial charge in [-0.2, -0.15) is 0 Å². The third kappa shape index (κ3) is 3.01. The Bertz CT molecular complexity index is 1210. The van der Waals surface area contributed by atoms with Crippen molar-refractivity contribution in [2.75, 3.05) is 32.1 Å². The zero-order valence-electron chi connectivity index (χ0n) is 16.6. The Balaban J connectivity index is 1.44. The SMILES string of the molecule is CN(C)c1nc(C2CCN(C(=O)c3nccc4ccccc34)C2)cn2cccc12. The number of aromatic nitrogens is 3. The number of hydrogen-bond donors (Lipinski definition) is 0. The van der Waals surface area contributed by atoms with Crippen molar-refractivity contribution in [2.24, 2.45) is 0 Å². The summed E-state index contributed by atoms with van der Waals surface area (Å²) < 4.78 is 2.12. The number of carbonyl (C=O) groups is 1. The van der Waals surface area contributed by atoms with Gasteiger partial charge in [0.05, 0.1) is 11.2 Å². The molecule has 1 unspecified atom stereocenters. The van der Waals surface area contributed by atoms with Crippen LogP contribution in [0.5, 0.6) is 0 Å². The first-order chi connectivity index (χ1) is 14.1. The van der Waals surface area contributed by atoms with Gasteiger partial charge < -0.3 is 14.2 Å². The molecule has 29 heavy (non-hydrogen) atoms. The van der Waals surface area contributed by atoms with E-state index < -0.39 is 0 Å². The van der Waals surface area contributed by atoms with Crippen LogP contribution >= 0.6 is 0 Å². The van der Waals surface area contributed by atoms with E-state index in [2.05, 4.69) is 21.6 Å². The minimum Gasteiger partial charge on any atom is -0.361 e. The van der Waals surface area contributed by atoms with Crippen molar-refractivity contribution in [3.05, 3.63) is 72.4 Å². The van der Waals surface area contributed by atoms with Crippen molar-refractivity contribution in [3.8, 4) is 0 Å². The number of fused-ring (bicyclic) bond motifs is 2. The molecule has 146 valence electrons. The molecule has 3 aromatic heterocycles. The van der Waals surface area contributed by atoms with E-state index in [9.17, 15) is 4.79 Å². The maximum absolute atomic E-state index is 13.2. The Labute approximate surface area is 169 Å². The van der Waals surface area contributed by atoms with Crippen LogP contribution in [0.4, 0.5) is 5.82 Å². The molecule has 5 rings (SSSR count). The fourth-order valence-electron chi connectivity index (χ4n) is 4.20. The van der Waals surface area contributed by atoms with Gasteiger partial charge in [0.2, 0.25) is 0 Å². The highest BCUT2D eigenvalue weighted by atomic mass is 16.2. The second-order valence-corrected chi connectivity index (χ2v) is 7.80. The van der Waals surface area contributed by atoms with E-state index in [1.165, 1.54) is 0 Å². The van der Waals surface area contributed by atoms with Crippen LogP contribution in [0, 0.1) is 0 Å². The van der Waals surface area contributed by atoms with Crippen molar-refractivity contribution < 1.29 is 4.79 Å². The third-order valence-corrected chi connectivity index (χ3v) is 5.71. The maximum atomic E-state index is 13.2. The Kier molecular flexibility index (Phi) is 4.19. The molecule has 4 aromatic rings. The van der Waals surface area contributed by atoms with E-state index in [0.29, 0.717) is 12.2 Å². The van der Waals surface area contributed by atoms with Crippen LogP contribution in [0.3, 0.4) is 0 Å².